The van der Waals surface area contributed by atoms with Crippen LogP contribution in [0.1, 0.15) is 44.1 Å². The van der Waals surface area contributed by atoms with E-state index in [0.29, 0.717) is 17.9 Å². The summed E-state index contributed by atoms with van der Waals surface area (Å²) in [5, 5.41) is 0. The van der Waals surface area contributed by atoms with E-state index in [-0.39, 0.29) is 11.7 Å². The number of aryl methyl sites for hydroxylation is 1. The van der Waals surface area contributed by atoms with Gasteiger partial charge >= 0.3 is 6.98 Å². The van der Waals surface area contributed by atoms with Crippen molar-refractivity contribution in [2.75, 3.05) is 6.61 Å². The van der Waals surface area contributed by atoms with Gasteiger partial charge in [0.2, 0.25) is 0 Å². The highest BCUT2D eigenvalue weighted by atomic mass is 19.4. The van der Waals surface area contributed by atoms with Crippen LogP contribution in [-0.4, -0.2) is 25.3 Å². The van der Waals surface area contributed by atoms with E-state index in [4.69, 9.17) is 9.47 Å². The van der Waals surface area contributed by atoms with Crippen molar-refractivity contribution >= 4 is 12.4 Å². The van der Waals surface area contributed by atoms with Gasteiger partial charge in [-0.2, -0.15) is 0 Å². The smallest absolute Gasteiger partial charge is 0.491 e. The Labute approximate surface area is 129 Å². The standard InChI is InChI=1S/C16H21BF3O2/c1-12-10-13(17(18,19)20)4-5-15(12)21-11-14-6-9-16(22-14)7-2-3-8-16/h4-5,10,14H,2-3,6-9,11H2,1H3/q-1. The Bertz CT molecular complexity index is 539. The number of hydrogen-bond acceptors (Lipinski definition) is 2. The highest BCUT2D eigenvalue weighted by Gasteiger charge is 2.42. The number of hydrogen-bond donors (Lipinski definition) is 0. The molecule has 2 fully saturated rings. The Morgan fingerprint density at radius 3 is 2.59 bits per heavy atom. The molecule has 2 aliphatic rings. The molecule has 1 aliphatic heterocycles. The fourth-order valence-corrected chi connectivity index (χ4v) is 3.62. The molecule has 6 heteroatoms. The van der Waals surface area contributed by atoms with Gasteiger partial charge in [0.05, 0.1) is 11.7 Å². The first-order valence-corrected chi connectivity index (χ1v) is 7.99. The van der Waals surface area contributed by atoms with Crippen LogP contribution in [0.4, 0.5) is 12.9 Å². The van der Waals surface area contributed by atoms with Crippen molar-refractivity contribution < 1.29 is 22.4 Å². The molecule has 1 aromatic rings. The normalized spacial score (nSPS) is 24.1. The first-order valence-electron chi connectivity index (χ1n) is 7.99. The summed E-state index contributed by atoms with van der Waals surface area (Å²) < 4.78 is 50.0. The summed E-state index contributed by atoms with van der Waals surface area (Å²) >= 11 is 0. The molecule has 2 nitrogen and oxygen atoms in total. The van der Waals surface area contributed by atoms with Crippen LogP contribution in [0.3, 0.4) is 0 Å². The molecule has 1 spiro atoms. The van der Waals surface area contributed by atoms with Gasteiger partial charge in [0.25, 0.3) is 0 Å². The van der Waals surface area contributed by atoms with Crippen LogP contribution >= 0.6 is 0 Å². The van der Waals surface area contributed by atoms with E-state index in [2.05, 4.69) is 0 Å². The fraction of sp³-hybridized carbons (Fsp3) is 0.625. The molecule has 3 rings (SSSR count). The van der Waals surface area contributed by atoms with Crippen molar-refractivity contribution in [2.24, 2.45) is 0 Å². The molecule has 0 amide bonds. The average Bonchev–Trinajstić information content (AvgIpc) is 3.07. The van der Waals surface area contributed by atoms with Crippen molar-refractivity contribution in [3.63, 3.8) is 0 Å². The van der Waals surface area contributed by atoms with Gasteiger partial charge < -0.3 is 22.4 Å². The van der Waals surface area contributed by atoms with Gasteiger partial charge in [-0.25, -0.2) is 0 Å². The SMILES string of the molecule is Cc1cc([B-](F)(F)F)ccc1OCC1CCC2(CCCC2)O1. The Hall–Kier alpha value is -1.17. The first-order chi connectivity index (χ1) is 10.4. The molecule has 1 unspecified atom stereocenters. The van der Waals surface area contributed by atoms with Crippen molar-refractivity contribution in [1.29, 1.82) is 0 Å². The summed E-state index contributed by atoms with van der Waals surface area (Å²) in [7, 11) is 0. The van der Waals surface area contributed by atoms with Crippen molar-refractivity contribution in [3.8, 4) is 5.75 Å². The quantitative estimate of drug-likeness (QED) is 0.785. The molecule has 1 heterocycles. The first kappa shape index (κ1) is 15.7. The lowest BCUT2D eigenvalue weighted by Crippen LogP contribution is -2.34. The number of benzene rings is 1. The Kier molecular flexibility index (Phi) is 4.14. The van der Waals surface area contributed by atoms with E-state index < -0.39 is 12.4 Å². The second-order valence-electron chi connectivity index (χ2n) is 6.58. The summed E-state index contributed by atoms with van der Waals surface area (Å²) in [6, 6.07) is 3.67. The summed E-state index contributed by atoms with van der Waals surface area (Å²) in [6.07, 6.45) is 6.83. The largest absolute Gasteiger partial charge is 0.509 e. The van der Waals surface area contributed by atoms with E-state index in [0.717, 1.165) is 37.8 Å². The number of ether oxygens (including phenoxy) is 2. The molecule has 0 N–H and O–H groups in total. The highest BCUT2D eigenvalue weighted by molar-refractivity contribution is 6.73. The summed E-state index contributed by atoms with van der Waals surface area (Å²) in [4.78, 5) is 0. The average molecular weight is 313 g/mol. The third-order valence-corrected chi connectivity index (χ3v) is 4.86. The second-order valence-corrected chi connectivity index (χ2v) is 6.58. The van der Waals surface area contributed by atoms with Crippen LogP contribution in [0, 0.1) is 6.92 Å². The third kappa shape index (κ3) is 3.27. The maximum atomic E-state index is 12.7. The Morgan fingerprint density at radius 2 is 1.95 bits per heavy atom. The van der Waals surface area contributed by atoms with Gasteiger partial charge in [0.1, 0.15) is 12.4 Å². The number of rotatable bonds is 4. The van der Waals surface area contributed by atoms with Gasteiger partial charge in [0, 0.05) is 0 Å². The van der Waals surface area contributed by atoms with Gasteiger partial charge in [-0.1, -0.05) is 25.0 Å². The predicted octanol–water partition coefficient (Wildman–Crippen LogP) is 3.92. The lowest BCUT2D eigenvalue weighted by Gasteiger charge is -2.24. The van der Waals surface area contributed by atoms with Crippen LogP contribution in [0.5, 0.6) is 5.75 Å². The zero-order chi connectivity index (χ0) is 15.8. The lowest BCUT2D eigenvalue weighted by molar-refractivity contribution is -0.0509. The molecule has 122 valence electrons. The Balaban J connectivity index is 1.58. The molecule has 0 aromatic heterocycles. The predicted molar refractivity (Wildman–Crippen MR) is 80.7 cm³/mol. The van der Waals surface area contributed by atoms with E-state index >= 15 is 0 Å². The van der Waals surface area contributed by atoms with Crippen LogP contribution in [0.2, 0.25) is 0 Å². The van der Waals surface area contributed by atoms with E-state index in [1.165, 1.54) is 18.9 Å². The molecular weight excluding hydrogens is 292 g/mol. The van der Waals surface area contributed by atoms with Gasteiger partial charge in [-0.05, 0) is 44.2 Å². The fourth-order valence-electron chi connectivity index (χ4n) is 3.62. The summed E-state index contributed by atoms with van der Waals surface area (Å²) in [5.74, 6) is 0.514. The molecule has 22 heavy (non-hydrogen) atoms. The van der Waals surface area contributed by atoms with Crippen LogP contribution < -0.4 is 10.2 Å². The van der Waals surface area contributed by atoms with Gasteiger partial charge in [0.15, 0.2) is 0 Å². The maximum Gasteiger partial charge on any atom is 0.509 e. The molecule has 1 saturated carbocycles. The number of halogens is 3. The molecule has 1 aliphatic carbocycles. The monoisotopic (exact) mass is 313 g/mol. The minimum Gasteiger partial charge on any atom is -0.491 e. The Morgan fingerprint density at radius 1 is 1.23 bits per heavy atom. The summed E-state index contributed by atoms with van der Waals surface area (Å²) in [5.41, 5.74) is 0.00305. The zero-order valence-corrected chi connectivity index (χ0v) is 12.8. The minimum atomic E-state index is -4.95. The zero-order valence-electron chi connectivity index (χ0n) is 12.8. The minimum absolute atomic E-state index is 0.0593. The van der Waals surface area contributed by atoms with Crippen LogP contribution in [-0.2, 0) is 4.74 Å². The van der Waals surface area contributed by atoms with Crippen molar-refractivity contribution in [2.45, 2.75) is 57.2 Å². The van der Waals surface area contributed by atoms with Gasteiger partial charge in [-0.15, -0.1) is 5.46 Å². The third-order valence-electron chi connectivity index (χ3n) is 4.86. The summed E-state index contributed by atoms with van der Waals surface area (Å²) in [6.45, 7) is -2.89. The van der Waals surface area contributed by atoms with E-state index in [9.17, 15) is 12.9 Å². The molecule has 1 atom stereocenters. The molecule has 0 radical (unpaired) electrons. The lowest BCUT2D eigenvalue weighted by atomic mass is 9.79. The van der Waals surface area contributed by atoms with Gasteiger partial charge in [-0.3, -0.25) is 0 Å². The van der Waals surface area contributed by atoms with Crippen LogP contribution in [0.25, 0.3) is 0 Å². The highest BCUT2D eigenvalue weighted by Crippen LogP contribution is 2.43. The molecule has 1 saturated heterocycles. The second kappa shape index (κ2) is 5.80. The topological polar surface area (TPSA) is 18.5 Å². The molecule has 1 aromatic carbocycles. The van der Waals surface area contributed by atoms with Crippen molar-refractivity contribution in [3.05, 3.63) is 23.8 Å². The van der Waals surface area contributed by atoms with Crippen molar-refractivity contribution in [1.82, 2.24) is 0 Å². The molecule has 0 bridgehead atoms. The van der Waals surface area contributed by atoms with E-state index in [1.54, 1.807) is 6.92 Å². The molecular formula is C16H21BF3O2-. The van der Waals surface area contributed by atoms with E-state index in [1.807, 2.05) is 0 Å². The maximum absolute atomic E-state index is 12.7. The van der Waals surface area contributed by atoms with Crippen LogP contribution in [0.15, 0.2) is 18.2 Å².